The zero-order chi connectivity index (χ0) is 16.2. The molecule has 0 aromatic heterocycles. The van der Waals surface area contributed by atoms with E-state index >= 15 is 0 Å². The van der Waals surface area contributed by atoms with Gasteiger partial charge in [-0.2, -0.15) is 4.31 Å². The molecule has 5 nitrogen and oxygen atoms in total. The van der Waals surface area contributed by atoms with Gasteiger partial charge in [0.25, 0.3) is 0 Å². The second-order valence-corrected chi connectivity index (χ2v) is 8.05. The fourth-order valence-corrected chi connectivity index (χ4v) is 3.99. The molecule has 22 heavy (non-hydrogen) atoms. The minimum atomic E-state index is -3.62. The Morgan fingerprint density at radius 1 is 1.23 bits per heavy atom. The summed E-state index contributed by atoms with van der Waals surface area (Å²) in [6.07, 6.45) is 4.41. The molecule has 1 aromatic rings. The highest BCUT2D eigenvalue weighted by Gasteiger charge is 2.26. The highest BCUT2D eigenvalue weighted by atomic mass is 32.2. The van der Waals surface area contributed by atoms with Gasteiger partial charge < -0.3 is 5.32 Å². The molecular weight excluding hydrogens is 300 g/mol. The maximum Gasteiger partial charge on any atom is 0.243 e. The van der Waals surface area contributed by atoms with Crippen molar-refractivity contribution in [1.82, 2.24) is 9.62 Å². The highest BCUT2D eigenvalue weighted by Crippen LogP contribution is 2.23. The maximum atomic E-state index is 12.4. The van der Waals surface area contributed by atoms with Crippen molar-refractivity contribution in [2.75, 3.05) is 13.6 Å². The second kappa shape index (κ2) is 7.24. The monoisotopic (exact) mass is 324 g/mol. The van der Waals surface area contributed by atoms with Crippen molar-refractivity contribution in [2.24, 2.45) is 5.92 Å². The van der Waals surface area contributed by atoms with Crippen molar-refractivity contribution in [2.45, 2.75) is 43.5 Å². The third-order valence-electron chi connectivity index (χ3n) is 4.28. The molecule has 0 unspecified atom stereocenters. The molecule has 122 valence electrons. The number of carbonyl (C=O) groups is 1. The molecule has 0 heterocycles. The predicted molar refractivity (Wildman–Crippen MR) is 85.8 cm³/mol. The number of likely N-dealkylation sites (N-methyl/N-ethyl adjacent to an activating group) is 1. The lowest BCUT2D eigenvalue weighted by Crippen LogP contribution is -2.46. The third kappa shape index (κ3) is 4.08. The standard InChI is InChI=1S/C16H24N2O3S/c1-13-8-6-7-11-15(13)17-16(19)12-18(2)22(20,21)14-9-4-3-5-10-14/h3-5,9-10,13,15H,6-8,11-12H2,1-2H3,(H,17,19)/t13-,15-/m0/s1. The van der Waals surface area contributed by atoms with Gasteiger partial charge in [0.1, 0.15) is 0 Å². The minimum absolute atomic E-state index is 0.152. The quantitative estimate of drug-likeness (QED) is 0.901. The van der Waals surface area contributed by atoms with E-state index in [0.717, 1.165) is 23.6 Å². The Hall–Kier alpha value is -1.40. The molecule has 0 bridgehead atoms. The maximum absolute atomic E-state index is 12.4. The minimum Gasteiger partial charge on any atom is -0.352 e. The summed E-state index contributed by atoms with van der Waals surface area (Å²) in [5, 5.41) is 2.98. The van der Waals surface area contributed by atoms with Crippen LogP contribution in [0.4, 0.5) is 0 Å². The Kier molecular flexibility index (Phi) is 5.58. The summed E-state index contributed by atoms with van der Waals surface area (Å²) in [6, 6.07) is 8.33. The van der Waals surface area contributed by atoms with Crippen LogP contribution in [0.2, 0.25) is 0 Å². The summed E-state index contributed by atoms with van der Waals surface area (Å²) in [4.78, 5) is 12.3. The summed E-state index contributed by atoms with van der Waals surface area (Å²) in [6.45, 7) is 1.98. The summed E-state index contributed by atoms with van der Waals surface area (Å²) in [7, 11) is -2.18. The number of amides is 1. The lowest BCUT2D eigenvalue weighted by molar-refractivity contribution is -0.122. The van der Waals surface area contributed by atoms with Crippen LogP contribution in [0.15, 0.2) is 35.2 Å². The molecule has 1 N–H and O–H groups in total. The van der Waals surface area contributed by atoms with Crippen molar-refractivity contribution in [1.29, 1.82) is 0 Å². The smallest absolute Gasteiger partial charge is 0.243 e. The molecule has 1 amide bonds. The largest absolute Gasteiger partial charge is 0.352 e. The van der Waals surface area contributed by atoms with E-state index in [4.69, 9.17) is 0 Å². The number of hydrogen-bond acceptors (Lipinski definition) is 3. The molecule has 0 radical (unpaired) electrons. The van der Waals surface area contributed by atoms with E-state index in [1.165, 1.54) is 25.6 Å². The van der Waals surface area contributed by atoms with Crippen molar-refractivity contribution in [3.8, 4) is 0 Å². The first kappa shape index (κ1) is 17.0. The number of sulfonamides is 1. The van der Waals surface area contributed by atoms with Crippen LogP contribution in [0.25, 0.3) is 0 Å². The Bertz CT molecular complexity index is 601. The van der Waals surface area contributed by atoms with Gasteiger partial charge in [0.05, 0.1) is 11.4 Å². The molecule has 2 atom stereocenters. The van der Waals surface area contributed by atoms with Crippen LogP contribution in [0, 0.1) is 5.92 Å². The first-order valence-corrected chi connectivity index (χ1v) is 9.16. The van der Waals surface area contributed by atoms with Gasteiger partial charge in [-0.25, -0.2) is 8.42 Å². The van der Waals surface area contributed by atoms with Crippen LogP contribution in [0.3, 0.4) is 0 Å². The average Bonchev–Trinajstić information content (AvgIpc) is 2.50. The van der Waals surface area contributed by atoms with Crippen molar-refractivity contribution in [3.05, 3.63) is 30.3 Å². The van der Waals surface area contributed by atoms with Crippen LogP contribution in [-0.4, -0.2) is 38.3 Å². The van der Waals surface area contributed by atoms with E-state index in [-0.39, 0.29) is 23.4 Å². The molecule has 2 rings (SSSR count). The second-order valence-electron chi connectivity index (χ2n) is 6.01. The van der Waals surface area contributed by atoms with Gasteiger partial charge in [0.15, 0.2) is 0 Å². The number of nitrogens with zero attached hydrogens (tertiary/aromatic N) is 1. The van der Waals surface area contributed by atoms with E-state index < -0.39 is 10.0 Å². The van der Waals surface area contributed by atoms with Crippen molar-refractivity contribution < 1.29 is 13.2 Å². The van der Waals surface area contributed by atoms with E-state index in [9.17, 15) is 13.2 Å². The van der Waals surface area contributed by atoms with Gasteiger partial charge in [-0.15, -0.1) is 0 Å². The molecule has 0 spiro atoms. The number of carbonyl (C=O) groups excluding carboxylic acids is 1. The topological polar surface area (TPSA) is 66.5 Å². The van der Waals surface area contributed by atoms with Crippen LogP contribution in [0.1, 0.15) is 32.6 Å². The Morgan fingerprint density at radius 3 is 2.50 bits per heavy atom. The Balaban J connectivity index is 1.96. The molecule has 6 heteroatoms. The summed E-state index contributed by atoms with van der Waals surface area (Å²) in [5.41, 5.74) is 0. The number of benzene rings is 1. The van der Waals surface area contributed by atoms with Crippen LogP contribution >= 0.6 is 0 Å². The normalized spacial score (nSPS) is 22.5. The number of nitrogens with one attached hydrogen (secondary N) is 1. The van der Waals surface area contributed by atoms with Gasteiger partial charge in [-0.1, -0.05) is 38.0 Å². The molecule has 1 saturated carbocycles. The first-order valence-electron chi connectivity index (χ1n) is 7.72. The van der Waals surface area contributed by atoms with Crippen LogP contribution in [-0.2, 0) is 14.8 Å². The van der Waals surface area contributed by atoms with Gasteiger partial charge in [-0.05, 0) is 30.9 Å². The highest BCUT2D eigenvalue weighted by molar-refractivity contribution is 7.89. The molecule has 1 aliphatic carbocycles. The zero-order valence-electron chi connectivity index (χ0n) is 13.2. The first-order chi connectivity index (χ1) is 10.4. The third-order valence-corrected chi connectivity index (χ3v) is 6.09. The van der Waals surface area contributed by atoms with Gasteiger partial charge >= 0.3 is 0 Å². The molecule has 1 aliphatic rings. The van der Waals surface area contributed by atoms with E-state index in [1.54, 1.807) is 18.2 Å². The number of hydrogen-bond donors (Lipinski definition) is 1. The van der Waals surface area contributed by atoms with E-state index in [1.807, 2.05) is 0 Å². The predicted octanol–water partition coefficient (Wildman–Crippen LogP) is 2.00. The van der Waals surface area contributed by atoms with Gasteiger partial charge in [-0.3, -0.25) is 4.79 Å². The van der Waals surface area contributed by atoms with E-state index in [0.29, 0.717) is 5.92 Å². The molecule has 0 aliphatic heterocycles. The molecule has 1 fully saturated rings. The summed E-state index contributed by atoms with van der Waals surface area (Å²) in [5.74, 6) is 0.217. The lowest BCUT2D eigenvalue weighted by atomic mass is 9.86. The average molecular weight is 324 g/mol. The molecule has 0 saturated heterocycles. The van der Waals surface area contributed by atoms with E-state index in [2.05, 4.69) is 12.2 Å². The van der Waals surface area contributed by atoms with Crippen molar-refractivity contribution >= 4 is 15.9 Å². The summed E-state index contributed by atoms with van der Waals surface area (Å²) >= 11 is 0. The van der Waals surface area contributed by atoms with Crippen LogP contribution in [0.5, 0.6) is 0 Å². The fourth-order valence-electron chi connectivity index (χ4n) is 2.84. The Labute approximate surface area is 132 Å². The van der Waals surface area contributed by atoms with Gasteiger partial charge in [0.2, 0.25) is 15.9 Å². The fraction of sp³-hybridized carbons (Fsp3) is 0.562. The molecule has 1 aromatic carbocycles. The zero-order valence-corrected chi connectivity index (χ0v) is 14.0. The SMILES string of the molecule is C[C@H]1CCCC[C@@H]1NC(=O)CN(C)S(=O)(=O)c1ccccc1. The Morgan fingerprint density at radius 2 is 1.86 bits per heavy atom. The van der Waals surface area contributed by atoms with Gasteiger partial charge in [0, 0.05) is 13.1 Å². The summed E-state index contributed by atoms with van der Waals surface area (Å²) < 4.78 is 25.8. The number of rotatable bonds is 5. The van der Waals surface area contributed by atoms with Crippen molar-refractivity contribution in [3.63, 3.8) is 0 Å². The molecular formula is C16H24N2O3S. The van der Waals surface area contributed by atoms with Crippen LogP contribution < -0.4 is 5.32 Å². The lowest BCUT2D eigenvalue weighted by Gasteiger charge is -2.30.